The van der Waals surface area contributed by atoms with Gasteiger partial charge in [0, 0.05) is 0 Å². The summed E-state index contributed by atoms with van der Waals surface area (Å²) in [6.45, 7) is 15.5. The first-order chi connectivity index (χ1) is 14.6. The first-order valence-electron chi connectivity index (χ1n) is 13.3. The van der Waals surface area contributed by atoms with Crippen molar-refractivity contribution in [2.75, 3.05) is 13.2 Å². The van der Waals surface area contributed by atoms with Gasteiger partial charge < -0.3 is 0 Å². The number of unbranched alkanes of at least 4 members (excludes halogenated alkanes) is 4. The molecular formula is C25H54O3Sn2. The predicted octanol–water partition coefficient (Wildman–Crippen LogP) is 8.45. The molecule has 3 nitrogen and oxygen atoms in total. The van der Waals surface area contributed by atoms with Crippen molar-refractivity contribution in [3.8, 4) is 0 Å². The van der Waals surface area contributed by atoms with Gasteiger partial charge in [-0.1, -0.05) is 0 Å². The summed E-state index contributed by atoms with van der Waals surface area (Å²) in [6.07, 6.45) is 16.4. The zero-order valence-corrected chi connectivity index (χ0v) is 27.2. The molecule has 0 rings (SSSR count). The molecule has 180 valence electrons. The molecule has 0 saturated carbocycles. The fourth-order valence-corrected chi connectivity index (χ4v) is 17.4. The molecule has 0 aromatic rings. The van der Waals surface area contributed by atoms with Gasteiger partial charge in [0.05, 0.1) is 0 Å². The maximum atomic E-state index is 7.32. The third kappa shape index (κ3) is 16.1. The average Bonchev–Trinajstić information content (AvgIpc) is 2.77. The molecule has 0 saturated heterocycles. The van der Waals surface area contributed by atoms with E-state index in [0.717, 1.165) is 26.1 Å². The molecule has 2 radical (unpaired) electrons. The van der Waals surface area contributed by atoms with Crippen molar-refractivity contribution in [2.24, 2.45) is 0 Å². The van der Waals surface area contributed by atoms with Gasteiger partial charge in [-0.15, -0.1) is 0 Å². The number of hydrogen-bond acceptors (Lipinski definition) is 3. The Morgan fingerprint density at radius 3 is 1.40 bits per heavy atom. The predicted molar refractivity (Wildman–Crippen MR) is 136 cm³/mol. The number of rotatable bonds is 23. The summed E-state index contributed by atoms with van der Waals surface area (Å²) in [5.74, 6) is 0. The summed E-state index contributed by atoms with van der Waals surface area (Å²) in [4.78, 5) is 0. The molecular weight excluding hydrogens is 586 g/mol. The summed E-state index contributed by atoms with van der Waals surface area (Å²) in [7, 11) is 0. The van der Waals surface area contributed by atoms with Crippen molar-refractivity contribution in [1.29, 1.82) is 0 Å². The molecule has 0 N–H and O–H groups in total. The van der Waals surface area contributed by atoms with Gasteiger partial charge in [0.1, 0.15) is 0 Å². The molecule has 0 aliphatic rings. The summed E-state index contributed by atoms with van der Waals surface area (Å²) in [6, 6.07) is 0. The van der Waals surface area contributed by atoms with Crippen molar-refractivity contribution in [2.45, 2.75) is 144 Å². The van der Waals surface area contributed by atoms with E-state index in [1.165, 1.54) is 83.9 Å². The Hall–Kier alpha value is 1.48. The van der Waals surface area contributed by atoms with E-state index in [-0.39, 0.29) is 5.60 Å². The van der Waals surface area contributed by atoms with E-state index in [9.17, 15) is 0 Å². The summed E-state index contributed by atoms with van der Waals surface area (Å²) < 4.78 is 23.9. The molecule has 0 heterocycles. The minimum absolute atomic E-state index is 0.124. The standard InChI is InChI=1S/C11H22O.2C4H9.2C3H7O.2Sn/c1-4-7-9-11(12,6-3)10-8-5-2;2*1-3-4-2;2*1-2-3-4;;/h3-10H2,1-2H3;2*1,3-4H2,2H3;2*2-3H2,1H3;;/q-1;;;2*-1;+1;+2. The first kappa shape index (κ1) is 31.5. The monoisotopic (exact) mass is 642 g/mol. The van der Waals surface area contributed by atoms with Crippen molar-refractivity contribution >= 4 is 40.8 Å². The second-order valence-electron chi connectivity index (χ2n) is 8.81. The zero-order chi connectivity index (χ0) is 22.5. The van der Waals surface area contributed by atoms with Crippen LogP contribution < -0.4 is 0 Å². The van der Waals surface area contributed by atoms with Crippen LogP contribution in [0.1, 0.15) is 125 Å². The minimum atomic E-state index is -2.22. The second-order valence-corrected chi connectivity index (χ2v) is 20.5. The molecule has 0 spiro atoms. The molecule has 0 unspecified atom stereocenters. The summed E-state index contributed by atoms with van der Waals surface area (Å²) in [5, 5.41) is 0. The fourth-order valence-electron chi connectivity index (χ4n) is 3.75. The Bertz CT molecular complexity index is 331. The molecule has 0 aromatic carbocycles. The van der Waals surface area contributed by atoms with E-state index in [1.54, 1.807) is 0 Å². The van der Waals surface area contributed by atoms with Gasteiger partial charge in [-0.2, -0.15) is 0 Å². The second kappa shape index (κ2) is 22.3. The third-order valence-electron chi connectivity index (χ3n) is 5.67. The van der Waals surface area contributed by atoms with Crippen LogP contribution in [0.3, 0.4) is 0 Å². The summed E-state index contributed by atoms with van der Waals surface area (Å²) >= 11 is -4.02. The van der Waals surface area contributed by atoms with E-state index in [2.05, 4.69) is 41.5 Å². The van der Waals surface area contributed by atoms with Crippen LogP contribution in [0.15, 0.2) is 0 Å². The van der Waals surface area contributed by atoms with Crippen LogP contribution >= 0.6 is 0 Å². The van der Waals surface area contributed by atoms with Gasteiger partial charge in [-0.25, -0.2) is 0 Å². The quantitative estimate of drug-likeness (QED) is 0.105. The molecule has 5 heteroatoms. The molecule has 0 aliphatic heterocycles. The molecule has 0 aliphatic carbocycles. The summed E-state index contributed by atoms with van der Waals surface area (Å²) in [5.41, 5.74) is 0.124. The van der Waals surface area contributed by atoms with Crippen LogP contribution in [-0.4, -0.2) is 59.6 Å². The van der Waals surface area contributed by atoms with Gasteiger partial charge in [-0.05, 0) is 0 Å². The molecule has 0 amide bonds. The van der Waals surface area contributed by atoms with Crippen molar-refractivity contribution < 1.29 is 9.22 Å². The Morgan fingerprint density at radius 2 is 1.00 bits per heavy atom. The van der Waals surface area contributed by atoms with E-state index < -0.39 is 40.8 Å². The Morgan fingerprint density at radius 1 is 0.533 bits per heavy atom. The molecule has 0 aromatic heterocycles. The van der Waals surface area contributed by atoms with Crippen LogP contribution in [-0.2, 0) is 9.22 Å². The van der Waals surface area contributed by atoms with Crippen LogP contribution in [0.4, 0.5) is 0 Å². The van der Waals surface area contributed by atoms with E-state index in [4.69, 9.17) is 9.22 Å². The first-order valence-corrected chi connectivity index (χ1v) is 22.8. The Labute approximate surface area is 205 Å². The normalized spacial score (nSPS) is 12.4. The zero-order valence-electron chi connectivity index (χ0n) is 21.5. The van der Waals surface area contributed by atoms with E-state index in [1.807, 2.05) is 0 Å². The SMILES string of the molecule is CCC[CH2][Sn]([CH2]CCC)[O]C(CCCC)(CCCC)C[CH2][Sn]([O]CCC)[O]CCC. The van der Waals surface area contributed by atoms with Crippen molar-refractivity contribution in [3.63, 3.8) is 0 Å². The van der Waals surface area contributed by atoms with Gasteiger partial charge >= 0.3 is 207 Å². The van der Waals surface area contributed by atoms with Crippen LogP contribution in [0.5, 0.6) is 0 Å². The molecule has 0 bridgehead atoms. The van der Waals surface area contributed by atoms with Gasteiger partial charge in [-0.3, -0.25) is 0 Å². The van der Waals surface area contributed by atoms with E-state index in [0.29, 0.717) is 0 Å². The Kier molecular flexibility index (Phi) is 23.4. The van der Waals surface area contributed by atoms with Crippen LogP contribution in [0.2, 0.25) is 13.3 Å². The number of hydrogen-bond donors (Lipinski definition) is 0. The molecule has 0 fully saturated rings. The topological polar surface area (TPSA) is 27.7 Å². The van der Waals surface area contributed by atoms with Gasteiger partial charge in [0.25, 0.3) is 0 Å². The molecule has 0 atom stereocenters. The van der Waals surface area contributed by atoms with Crippen molar-refractivity contribution in [3.05, 3.63) is 0 Å². The molecule has 30 heavy (non-hydrogen) atoms. The Balaban J connectivity index is 5.35. The fraction of sp³-hybridized carbons (Fsp3) is 1.00. The average molecular weight is 640 g/mol. The third-order valence-corrected chi connectivity index (χ3v) is 17.8. The van der Waals surface area contributed by atoms with Gasteiger partial charge in [0.2, 0.25) is 0 Å². The van der Waals surface area contributed by atoms with Crippen LogP contribution in [0, 0.1) is 0 Å². The van der Waals surface area contributed by atoms with Crippen LogP contribution in [0.25, 0.3) is 0 Å². The van der Waals surface area contributed by atoms with Gasteiger partial charge in [0.15, 0.2) is 0 Å². The van der Waals surface area contributed by atoms with Crippen molar-refractivity contribution in [1.82, 2.24) is 0 Å². The maximum absolute atomic E-state index is 7.32. The van der Waals surface area contributed by atoms with E-state index >= 15 is 0 Å².